The number of hydrogen-bond donors (Lipinski definition) is 0. The highest BCUT2D eigenvalue weighted by molar-refractivity contribution is 7.87. The fourth-order valence-electron chi connectivity index (χ4n) is 3.09. The van der Waals surface area contributed by atoms with E-state index in [0.29, 0.717) is 0 Å². The molecule has 2 aromatic rings. The van der Waals surface area contributed by atoms with Crippen molar-refractivity contribution in [3.63, 3.8) is 0 Å². The molecule has 0 spiro atoms. The molecule has 33 heavy (non-hydrogen) atoms. The molecule has 0 aliphatic carbocycles. The van der Waals surface area contributed by atoms with Crippen molar-refractivity contribution in [1.82, 2.24) is 15.2 Å². The summed E-state index contributed by atoms with van der Waals surface area (Å²) in [6.45, 7) is 4.14. The average molecular weight is 504 g/mol. The standard InChI is InChI=1S/C19H22ClN3O9S/c1-4-29-15(25)7-19(2,3)14(24)9-23-8-11(31-18(23)26)10-30-33(27,28)13-6-5-12(20)16-17(13)22-32-21-16/h5-6,11H,4,7-10H2,1-3H3/t11-/m0/s1. The Kier molecular flexibility index (Phi) is 7.24. The summed E-state index contributed by atoms with van der Waals surface area (Å²) in [6, 6.07) is 2.51. The van der Waals surface area contributed by atoms with Crippen LogP contribution in [0.2, 0.25) is 5.02 Å². The zero-order valence-corrected chi connectivity index (χ0v) is 19.6. The van der Waals surface area contributed by atoms with Crippen LogP contribution in [0.1, 0.15) is 27.2 Å². The molecule has 14 heteroatoms. The molecule has 1 aromatic carbocycles. The van der Waals surface area contributed by atoms with Gasteiger partial charge in [0.25, 0.3) is 10.1 Å². The van der Waals surface area contributed by atoms with Crippen LogP contribution in [0.25, 0.3) is 11.0 Å². The lowest BCUT2D eigenvalue weighted by molar-refractivity contribution is -0.148. The molecule has 1 aliphatic rings. The van der Waals surface area contributed by atoms with Crippen molar-refractivity contribution in [2.75, 3.05) is 26.3 Å². The van der Waals surface area contributed by atoms with Crippen molar-refractivity contribution >= 4 is 50.6 Å². The van der Waals surface area contributed by atoms with Crippen LogP contribution in [0.15, 0.2) is 21.7 Å². The summed E-state index contributed by atoms with van der Waals surface area (Å²) in [7, 11) is -4.31. The van der Waals surface area contributed by atoms with Crippen molar-refractivity contribution in [2.45, 2.75) is 38.2 Å². The van der Waals surface area contributed by atoms with Gasteiger partial charge in [0.05, 0.1) is 31.1 Å². The lowest BCUT2D eigenvalue weighted by Crippen LogP contribution is -2.39. The van der Waals surface area contributed by atoms with Crippen LogP contribution in [0.3, 0.4) is 0 Å². The fourth-order valence-corrected chi connectivity index (χ4v) is 4.34. The van der Waals surface area contributed by atoms with Crippen LogP contribution < -0.4 is 0 Å². The number of rotatable bonds is 10. The van der Waals surface area contributed by atoms with E-state index >= 15 is 0 Å². The molecule has 1 saturated heterocycles. The average Bonchev–Trinajstić information content (AvgIpc) is 3.34. The predicted molar refractivity (Wildman–Crippen MR) is 112 cm³/mol. The maximum absolute atomic E-state index is 12.6. The third-order valence-electron chi connectivity index (χ3n) is 4.94. The van der Waals surface area contributed by atoms with E-state index < -0.39 is 40.3 Å². The first-order valence-electron chi connectivity index (χ1n) is 9.89. The molecule has 3 rings (SSSR count). The molecule has 1 aliphatic heterocycles. The molecule has 0 N–H and O–H groups in total. The number of benzene rings is 1. The Hall–Kier alpha value is -2.77. The van der Waals surface area contributed by atoms with Crippen LogP contribution in [0.4, 0.5) is 4.79 Å². The summed E-state index contributed by atoms with van der Waals surface area (Å²) in [6.07, 6.45) is -1.87. The highest BCUT2D eigenvalue weighted by Crippen LogP contribution is 2.28. The number of aromatic nitrogens is 2. The third kappa shape index (κ3) is 5.60. The summed E-state index contributed by atoms with van der Waals surface area (Å²) < 4.78 is 44.8. The Morgan fingerprint density at radius 1 is 1.27 bits per heavy atom. The van der Waals surface area contributed by atoms with E-state index in [1.165, 1.54) is 12.1 Å². The topological polar surface area (TPSA) is 155 Å². The molecule has 1 amide bonds. The summed E-state index contributed by atoms with van der Waals surface area (Å²) in [5, 5.41) is 7.25. The van der Waals surface area contributed by atoms with Gasteiger partial charge >= 0.3 is 12.1 Å². The molecule has 0 unspecified atom stereocenters. The minimum Gasteiger partial charge on any atom is -0.466 e. The largest absolute Gasteiger partial charge is 0.466 e. The molecule has 2 heterocycles. The number of carbonyl (C=O) groups excluding carboxylic acids is 3. The van der Waals surface area contributed by atoms with Crippen LogP contribution in [-0.4, -0.2) is 73.9 Å². The number of nitrogens with zero attached hydrogens (tertiary/aromatic N) is 3. The first kappa shape index (κ1) is 24.9. The quantitative estimate of drug-likeness (QED) is 0.345. The smallest absolute Gasteiger partial charge is 0.410 e. The van der Waals surface area contributed by atoms with E-state index in [2.05, 4.69) is 14.9 Å². The molecule has 180 valence electrons. The number of ketones is 1. The molecular weight excluding hydrogens is 482 g/mol. The number of amides is 1. The Labute approximate surface area is 194 Å². The van der Waals surface area contributed by atoms with E-state index in [9.17, 15) is 22.8 Å². The van der Waals surface area contributed by atoms with Gasteiger partial charge in [0, 0.05) is 5.41 Å². The lowest BCUT2D eigenvalue weighted by atomic mass is 9.84. The van der Waals surface area contributed by atoms with Crippen molar-refractivity contribution in [2.24, 2.45) is 5.41 Å². The Balaban J connectivity index is 1.60. The third-order valence-corrected chi connectivity index (χ3v) is 6.56. The van der Waals surface area contributed by atoms with Crippen LogP contribution in [0.5, 0.6) is 0 Å². The number of fused-ring (bicyclic) bond motifs is 1. The number of Topliss-reactive ketones (excluding diaryl/α,β-unsaturated/α-hetero) is 1. The van der Waals surface area contributed by atoms with E-state index in [0.717, 1.165) is 4.90 Å². The van der Waals surface area contributed by atoms with Gasteiger partial charge in [-0.2, -0.15) is 8.42 Å². The van der Waals surface area contributed by atoms with Crippen LogP contribution >= 0.6 is 11.6 Å². The van der Waals surface area contributed by atoms with E-state index in [4.69, 9.17) is 25.3 Å². The molecule has 1 atom stereocenters. The molecule has 0 saturated carbocycles. The van der Waals surface area contributed by atoms with E-state index in [1.807, 2.05) is 0 Å². The van der Waals surface area contributed by atoms with Gasteiger partial charge in [-0.25, -0.2) is 9.42 Å². The van der Waals surface area contributed by atoms with Crippen molar-refractivity contribution in [3.8, 4) is 0 Å². The second-order valence-electron chi connectivity index (χ2n) is 7.92. The highest BCUT2D eigenvalue weighted by Gasteiger charge is 2.38. The summed E-state index contributed by atoms with van der Waals surface area (Å²) in [4.78, 5) is 37.3. The number of esters is 1. The van der Waals surface area contributed by atoms with Crippen molar-refractivity contribution in [3.05, 3.63) is 17.2 Å². The maximum Gasteiger partial charge on any atom is 0.410 e. The first-order valence-corrected chi connectivity index (χ1v) is 11.7. The minimum atomic E-state index is -4.31. The van der Waals surface area contributed by atoms with Crippen LogP contribution in [0, 0.1) is 5.41 Å². The second kappa shape index (κ2) is 9.61. The SMILES string of the molecule is CCOC(=O)CC(C)(C)C(=O)CN1C[C@@H](COS(=O)(=O)c2ccc(Cl)c3nonc23)OC1=O. The van der Waals surface area contributed by atoms with Gasteiger partial charge in [-0.15, -0.1) is 0 Å². The van der Waals surface area contributed by atoms with Crippen molar-refractivity contribution in [1.29, 1.82) is 0 Å². The van der Waals surface area contributed by atoms with Gasteiger partial charge in [-0.05, 0) is 29.4 Å². The Bertz CT molecular complexity index is 1180. The first-order chi connectivity index (χ1) is 15.4. The van der Waals surface area contributed by atoms with Gasteiger partial charge < -0.3 is 9.47 Å². The zero-order chi connectivity index (χ0) is 24.4. The van der Waals surface area contributed by atoms with Crippen molar-refractivity contribution < 1.29 is 41.1 Å². The number of hydrogen-bond acceptors (Lipinski definition) is 11. The van der Waals surface area contributed by atoms with Crippen LogP contribution in [-0.2, 0) is 33.4 Å². The number of cyclic esters (lactones) is 1. The molecule has 12 nitrogen and oxygen atoms in total. The van der Waals surface area contributed by atoms with Gasteiger partial charge in [0.15, 0.2) is 16.8 Å². The molecule has 0 bridgehead atoms. The number of ether oxygens (including phenoxy) is 2. The van der Waals surface area contributed by atoms with E-state index in [-0.39, 0.29) is 52.9 Å². The summed E-state index contributed by atoms with van der Waals surface area (Å²) >= 11 is 5.94. The number of carbonyl (C=O) groups is 3. The van der Waals surface area contributed by atoms with Gasteiger partial charge in [0.2, 0.25) is 0 Å². The molecule has 0 radical (unpaired) electrons. The maximum atomic E-state index is 12.6. The normalized spacial score (nSPS) is 16.8. The molecule has 1 aromatic heterocycles. The second-order valence-corrected chi connectivity index (χ2v) is 9.91. The molecule has 1 fully saturated rings. The predicted octanol–water partition coefficient (Wildman–Crippen LogP) is 1.95. The Morgan fingerprint density at radius 2 is 1.97 bits per heavy atom. The Morgan fingerprint density at radius 3 is 2.67 bits per heavy atom. The minimum absolute atomic E-state index is 0.0590. The summed E-state index contributed by atoms with van der Waals surface area (Å²) in [5.74, 6) is -0.890. The number of halogens is 1. The van der Waals surface area contributed by atoms with Gasteiger partial charge in [-0.1, -0.05) is 25.4 Å². The molecular formula is C19H22ClN3O9S. The monoisotopic (exact) mass is 503 g/mol. The fraction of sp³-hybridized carbons (Fsp3) is 0.526. The van der Waals surface area contributed by atoms with Gasteiger partial charge in [0.1, 0.15) is 17.6 Å². The van der Waals surface area contributed by atoms with Gasteiger partial charge in [-0.3, -0.25) is 18.7 Å². The lowest BCUT2D eigenvalue weighted by Gasteiger charge is -2.24. The zero-order valence-electron chi connectivity index (χ0n) is 18.1. The highest BCUT2D eigenvalue weighted by atomic mass is 35.5. The van der Waals surface area contributed by atoms with E-state index in [1.54, 1.807) is 20.8 Å². The summed E-state index contributed by atoms with van der Waals surface area (Å²) in [5.41, 5.74) is -1.10.